The van der Waals surface area contributed by atoms with Gasteiger partial charge in [-0.3, -0.25) is 4.79 Å². The number of carbonyl (C=O) groups is 1. The summed E-state index contributed by atoms with van der Waals surface area (Å²) in [7, 11) is 0. The number of benzene rings is 2. The van der Waals surface area contributed by atoms with Crippen molar-refractivity contribution in [2.75, 3.05) is 36.3 Å². The van der Waals surface area contributed by atoms with Crippen molar-refractivity contribution in [3.8, 4) is 0 Å². The number of ether oxygens (including phenoxy) is 2. The zero-order chi connectivity index (χ0) is 19.0. The predicted octanol–water partition coefficient (Wildman–Crippen LogP) is 3.94. The van der Waals surface area contributed by atoms with Crippen LogP contribution in [0.3, 0.4) is 0 Å². The number of hydrogen-bond donors (Lipinski definition) is 0. The Labute approximate surface area is 164 Å². The molecule has 0 aromatic heterocycles. The van der Waals surface area contributed by atoms with E-state index >= 15 is 0 Å². The van der Waals surface area contributed by atoms with Gasteiger partial charge >= 0.3 is 0 Å². The van der Waals surface area contributed by atoms with Crippen LogP contribution in [0.5, 0.6) is 0 Å². The van der Waals surface area contributed by atoms with Crippen LogP contribution in [0.2, 0.25) is 5.02 Å². The summed E-state index contributed by atoms with van der Waals surface area (Å²) < 4.78 is 11.2. The van der Waals surface area contributed by atoms with Gasteiger partial charge in [-0.05, 0) is 55.3 Å². The minimum absolute atomic E-state index is 0.0115. The summed E-state index contributed by atoms with van der Waals surface area (Å²) in [5.41, 5.74) is 4.30. The van der Waals surface area contributed by atoms with Crippen molar-refractivity contribution in [1.29, 1.82) is 0 Å². The first-order chi connectivity index (χ1) is 13.0. The summed E-state index contributed by atoms with van der Waals surface area (Å²) in [5.74, 6) is 0.0115. The van der Waals surface area contributed by atoms with Crippen LogP contribution in [0.15, 0.2) is 42.5 Å². The summed E-state index contributed by atoms with van der Waals surface area (Å²) in [5, 5.41) is 0.721. The smallest absolute Gasteiger partial charge is 0.253 e. The van der Waals surface area contributed by atoms with Gasteiger partial charge in [0.2, 0.25) is 0 Å². The molecule has 2 aromatic rings. The van der Waals surface area contributed by atoms with E-state index in [0.717, 1.165) is 22.0 Å². The van der Waals surface area contributed by atoms with E-state index in [9.17, 15) is 4.79 Å². The normalized spacial score (nSPS) is 23.1. The Kier molecular flexibility index (Phi) is 5.08. The van der Waals surface area contributed by atoms with Crippen LogP contribution in [0.4, 0.5) is 11.4 Å². The summed E-state index contributed by atoms with van der Waals surface area (Å²) >= 11 is 6.03. The molecule has 0 aliphatic carbocycles. The molecular formula is C21H23ClN2O3. The third kappa shape index (κ3) is 3.55. The fourth-order valence-corrected chi connectivity index (χ4v) is 4.01. The second kappa shape index (κ2) is 7.50. The first kappa shape index (κ1) is 18.3. The van der Waals surface area contributed by atoms with Crippen molar-refractivity contribution in [1.82, 2.24) is 0 Å². The number of morpholine rings is 1. The molecule has 142 valence electrons. The fourth-order valence-electron chi connectivity index (χ4n) is 3.88. The van der Waals surface area contributed by atoms with Crippen LogP contribution >= 0.6 is 11.6 Å². The first-order valence-corrected chi connectivity index (χ1v) is 9.55. The summed E-state index contributed by atoms with van der Waals surface area (Å²) in [4.78, 5) is 16.2. The minimum Gasteiger partial charge on any atom is -0.370 e. The molecule has 0 radical (unpaired) electrons. The highest BCUT2D eigenvalue weighted by Crippen LogP contribution is 2.38. The largest absolute Gasteiger partial charge is 0.370 e. The number of anilines is 2. The van der Waals surface area contributed by atoms with Gasteiger partial charge in [0.1, 0.15) is 13.3 Å². The van der Waals surface area contributed by atoms with Gasteiger partial charge in [-0.25, -0.2) is 0 Å². The van der Waals surface area contributed by atoms with E-state index < -0.39 is 0 Å². The lowest BCUT2D eigenvalue weighted by Gasteiger charge is -2.30. The Bertz CT molecular complexity index is 840. The van der Waals surface area contributed by atoms with Gasteiger partial charge in [-0.1, -0.05) is 23.7 Å². The second-order valence-corrected chi connectivity index (χ2v) is 7.47. The molecular weight excluding hydrogens is 364 g/mol. The van der Waals surface area contributed by atoms with Gasteiger partial charge in [-0.15, -0.1) is 0 Å². The molecule has 2 aromatic carbocycles. The highest BCUT2D eigenvalue weighted by Gasteiger charge is 2.34. The van der Waals surface area contributed by atoms with E-state index in [1.807, 2.05) is 35.2 Å². The minimum atomic E-state index is 0.0115. The standard InChI is InChI=1S/C21H23ClN2O3/c1-14-11-16(3-8-19(14)23-9-10-26-12-20(23)25)21-15(2)27-13-24(21)18-6-4-17(22)5-7-18/h3-8,11,15,21H,9-10,12-13H2,1-2H3/t15-,21-/m0/s1. The van der Waals surface area contributed by atoms with Crippen LogP contribution in [0, 0.1) is 6.92 Å². The van der Waals surface area contributed by atoms with E-state index in [2.05, 4.69) is 30.9 Å². The Hall–Kier alpha value is -2.08. The molecule has 0 unspecified atom stereocenters. The maximum atomic E-state index is 12.2. The predicted molar refractivity (Wildman–Crippen MR) is 106 cm³/mol. The number of amides is 1. The Balaban J connectivity index is 1.64. The van der Waals surface area contributed by atoms with E-state index in [0.29, 0.717) is 19.9 Å². The average Bonchev–Trinajstić information content (AvgIpc) is 3.04. The van der Waals surface area contributed by atoms with Crippen molar-refractivity contribution in [2.45, 2.75) is 26.0 Å². The highest BCUT2D eigenvalue weighted by atomic mass is 35.5. The Morgan fingerprint density at radius 2 is 1.93 bits per heavy atom. The summed E-state index contributed by atoms with van der Waals surface area (Å²) in [6, 6.07) is 14.2. The quantitative estimate of drug-likeness (QED) is 0.801. The molecule has 2 aliphatic rings. The fraction of sp³-hybridized carbons (Fsp3) is 0.381. The van der Waals surface area contributed by atoms with Crippen molar-refractivity contribution in [3.05, 3.63) is 58.6 Å². The summed E-state index contributed by atoms with van der Waals surface area (Å²) in [6.07, 6.45) is 0.0657. The van der Waals surface area contributed by atoms with Crippen LogP contribution < -0.4 is 9.80 Å². The lowest BCUT2D eigenvalue weighted by molar-refractivity contribution is -0.125. The topological polar surface area (TPSA) is 42.0 Å². The van der Waals surface area contributed by atoms with Crippen LogP contribution in [-0.2, 0) is 14.3 Å². The maximum absolute atomic E-state index is 12.2. The maximum Gasteiger partial charge on any atom is 0.253 e. The van der Waals surface area contributed by atoms with Crippen LogP contribution in [0.1, 0.15) is 24.1 Å². The molecule has 2 aliphatic heterocycles. The number of carbonyl (C=O) groups excluding carboxylic acids is 1. The number of rotatable bonds is 3. The van der Waals surface area contributed by atoms with Gasteiger partial charge in [-0.2, -0.15) is 0 Å². The third-order valence-corrected chi connectivity index (χ3v) is 5.51. The third-order valence-electron chi connectivity index (χ3n) is 5.25. The van der Waals surface area contributed by atoms with Gasteiger partial charge in [0.15, 0.2) is 0 Å². The molecule has 27 heavy (non-hydrogen) atoms. The lowest BCUT2D eigenvalue weighted by Crippen LogP contribution is -2.42. The molecule has 2 heterocycles. The molecule has 2 saturated heterocycles. The molecule has 6 heteroatoms. The van der Waals surface area contributed by atoms with E-state index in [4.69, 9.17) is 21.1 Å². The van der Waals surface area contributed by atoms with Gasteiger partial charge in [0.05, 0.1) is 18.8 Å². The summed E-state index contributed by atoms with van der Waals surface area (Å²) in [6.45, 7) is 6.00. The van der Waals surface area contributed by atoms with E-state index in [1.165, 1.54) is 5.56 Å². The number of aryl methyl sites for hydroxylation is 1. The molecule has 4 rings (SSSR count). The molecule has 2 fully saturated rings. The van der Waals surface area contributed by atoms with Gasteiger partial charge in [0, 0.05) is 22.9 Å². The molecule has 1 amide bonds. The van der Waals surface area contributed by atoms with E-state index in [1.54, 1.807) is 0 Å². The van der Waals surface area contributed by atoms with Gasteiger partial charge in [0.25, 0.3) is 5.91 Å². The molecule has 5 nitrogen and oxygen atoms in total. The molecule has 2 atom stereocenters. The molecule has 0 spiro atoms. The van der Waals surface area contributed by atoms with Crippen molar-refractivity contribution in [2.24, 2.45) is 0 Å². The zero-order valence-corrected chi connectivity index (χ0v) is 16.3. The Morgan fingerprint density at radius 3 is 2.63 bits per heavy atom. The lowest BCUT2D eigenvalue weighted by atomic mass is 9.98. The zero-order valence-electron chi connectivity index (χ0n) is 15.5. The molecule has 0 saturated carbocycles. The second-order valence-electron chi connectivity index (χ2n) is 7.04. The van der Waals surface area contributed by atoms with Crippen LogP contribution in [-0.4, -0.2) is 38.5 Å². The van der Waals surface area contributed by atoms with Crippen molar-refractivity contribution >= 4 is 28.9 Å². The average molecular weight is 387 g/mol. The van der Waals surface area contributed by atoms with Crippen molar-refractivity contribution < 1.29 is 14.3 Å². The SMILES string of the molecule is Cc1cc([C@@H]2[C@H](C)OCN2c2ccc(Cl)cc2)ccc1N1CCOCC1=O. The van der Waals surface area contributed by atoms with Crippen molar-refractivity contribution in [3.63, 3.8) is 0 Å². The van der Waals surface area contributed by atoms with E-state index in [-0.39, 0.29) is 24.7 Å². The monoisotopic (exact) mass is 386 g/mol. The first-order valence-electron chi connectivity index (χ1n) is 9.17. The number of nitrogens with zero attached hydrogens (tertiary/aromatic N) is 2. The Morgan fingerprint density at radius 1 is 1.15 bits per heavy atom. The number of halogens is 1. The molecule has 0 bridgehead atoms. The van der Waals surface area contributed by atoms with Crippen LogP contribution in [0.25, 0.3) is 0 Å². The molecule has 0 N–H and O–H groups in total. The van der Waals surface area contributed by atoms with Gasteiger partial charge < -0.3 is 19.3 Å². The number of hydrogen-bond acceptors (Lipinski definition) is 4. The highest BCUT2D eigenvalue weighted by molar-refractivity contribution is 6.30.